The number of ether oxygens (including phenoxy) is 1. The van der Waals surface area contributed by atoms with Crippen LogP contribution in [0.15, 0.2) is 23.3 Å². The topological polar surface area (TPSA) is 119 Å². The Labute approximate surface area is 120 Å². The van der Waals surface area contributed by atoms with Crippen molar-refractivity contribution >= 4 is 17.1 Å². The van der Waals surface area contributed by atoms with Gasteiger partial charge in [0.1, 0.15) is 6.23 Å². The summed E-state index contributed by atoms with van der Waals surface area (Å²) in [6.45, 7) is 5.76. The Balaban J connectivity index is 2.02. The lowest BCUT2D eigenvalue weighted by atomic mass is 9.94. The van der Waals surface area contributed by atoms with Gasteiger partial charge in [-0.05, 0) is 6.92 Å². The maximum absolute atomic E-state index is 11.8. The average Bonchev–Trinajstić information content (AvgIpc) is 3.01. The number of aliphatic hydroxyl groups excluding tert-OH is 1. The Hall–Kier alpha value is -2.19. The first kappa shape index (κ1) is 13.8. The number of nitrogens with one attached hydrogen (secondary N) is 1. The van der Waals surface area contributed by atoms with Crippen molar-refractivity contribution in [1.29, 1.82) is 0 Å². The van der Waals surface area contributed by atoms with Crippen molar-refractivity contribution in [2.24, 2.45) is 5.92 Å². The van der Waals surface area contributed by atoms with E-state index in [4.69, 9.17) is 10.5 Å². The van der Waals surface area contributed by atoms with Crippen molar-refractivity contribution in [2.45, 2.75) is 25.7 Å². The monoisotopic (exact) mass is 291 g/mol. The van der Waals surface area contributed by atoms with Crippen molar-refractivity contribution < 1.29 is 9.84 Å². The van der Waals surface area contributed by atoms with Gasteiger partial charge in [0, 0.05) is 12.3 Å². The van der Waals surface area contributed by atoms with Gasteiger partial charge in [-0.15, -0.1) is 0 Å². The third-order valence-electron chi connectivity index (χ3n) is 3.81. The minimum absolute atomic E-state index is 0.0300. The van der Waals surface area contributed by atoms with Gasteiger partial charge < -0.3 is 15.6 Å². The smallest absolute Gasteiger partial charge is 0.280 e. The van der Waals surface area contributed by atoms with E-state index in [-0.39, 0.29) is 41.9 Å². The maximum atomic E-state index is 11.8. The lowest BCUT2D eigenvalue weighted by Gasteiger charge is -2.15. The molecule has 0 spiro atoms. The third-order valence-corrected chi connectivity index (χ3v) is 3.81. The van der Waals surface area contributed by atoms with Crippen molar-refractivity contribution in [3.63, 3.8) is 0 Å². The third kappa shape index (κ3) is 2.22. The number of hydrogen-bond acceptors (Lipinski definition) is 6. The molecule has 0 saturated carbocycles. The van der Waals surface area contributed by atoms with Gasteiger partial charge in [-0.2, -0.15) is 4.98 Å². The largest absolute Gasteiger partial charge is 0.394 e. The molecule has 1 fully saturated rings. The number of aromatic amines is 1. The van der Waals surface area contributed by atoms with Gasteiger partial charge in [0.25, 0.3) is 5.56 Å². The van der Waals surface area contributed by atoms with Crippen molar-refractivity contribution in [3.05, 3.63) is 28.8 Å². The van der Waals surface area contributed by atoms with Crippen molar-refractivity contribution in [3.8, 4) is 0 Å². The zero-order valence-electron chi connectivity index (χ0n) is 11.6. The highest BCUT2D eigenvalue weighted by atomic mass is 16.5. The van der Waals surface area contributed by atoms with Crippen molar-refractivity contribution in [2.75, 3.05) is 12.3 Å². The summed E-state index contributed by atoms with van der Waals surface area (Å²) in [4.78, 5) is 22.4. The van der Waals surface area contributed by atoms with Crippen LogP contribution in [-0.4, -0.2) is 37.3 Å². The first-order valence-electron chi connectivity index (χ1n) is 6.65. The Bertz CT molecular complexity index is 750. The second-order valence-corrected chi connectivity index (χ2v) is 5.28. The molecule has 0 bridgehead atoms. The Morgan fingerprint density at radius 2 is 2.48 bits per heavy atom. The normalized spacial score (nSPS) is 25.5. The standard InChI is InChI=1S/C13H17N5O3/c1-6(2)7-3-9(21-8(7)4-19)18-5-15-10-11(18)16-13(14)17-12(10)20/h5,7-9,19H,1,3-4H2,2H3,(H3,14,16,17,20)/t7-,8-,9-/m1/s1. The quantitative estimate of drug-likeness (QED) is 0.694. The molecule has 2 aromatic heterocycles. The molecule has 3 rings (SSSR count). The highest BCUT2D eigenvalue weighted by molar-refractivity contribution is 5.70. The van der Waals surface area contributed by atoms with Crippen LogP contribution in [0.2, 0.25) is 0 Å². The summed E-state index contributed by atoms with van der Waals surface area (Å²) in [5, 5.41) is 9.42. The van der Waals surface area contributed by atoms with Crippen molar-refractivity contribution in [1.82, 2.24) is 19.5 Å². The molecular weight excluding hydrogens is 274 g/mol. The molecule has 0 unspecified atom stereocenters. The summed E-state index contributed by atoms with van der Waals surface area (Å²) in [5.74, 6) is 0.0826. The molecule has 3 atom stereocenters. The number of anilines is 1. The number of nitrogens with two attached hydrogens (primary N) is 1. The van der Waals surface area contributed by atoms with Gasteiger partial charge in [0.15, 0.2) is 11.2 Å². The van der Waals surface area contributed by atoms with E-state index in [0.717, 1.165) is 5.57 Å². The van der Waals surface area contributed by atoms with E-state index in [9.17, 15) is 9.90 Å². The fourth-order valence-electron chi connectivity index (χ4n) is 2.74. The molecule has 4 N–H and O–H groups in total. The number of hydrogen-bond donors (Lipinski definition) is 3. The van der Waals surface area contributed by atoms with Crippen LogP contribution in [0.25, 0.3) is 11.2 Å². The van der Waals surface area contributed by atoms with Crippen LogP contribution in [-0.2, 0) is 4.74 Å². The minimum atomic E-state index is -0.385. The van der Waals surface area contributed by atoms with Crippen LogP contribution in [0.4, 0.5) is 5.95 Å². The van der Waals surface area contributed by atoms with Gasteiger partial charge in [0.05, 0.1) is 19.0 Å². The van der Waals surface area contributed by atoms with Gasteiger partial charge >= 0.3 is 0 Å². The predicted octanol–water partition coefficient (Wildman–Crippen LogP) is 0.174. The Morgan fingerprint density at radius 3 is 3.10 bits per heavy atom. The lowest BCUT2D eigenvalue weighted by Crippen LogP contribution is -2.21. The predicted molar refractivity (Wildman–Crippen MR) is 76.5 cm³/mol. The van der Waals surface area contributed by atoms with E-state index in [0.29, 0.717) is 12.1 Å². The second kappa shape index (κ2) is 4.97. The second-order valence-electron chi connectivity index (χ2n) is 5.28. The highest BCUT2D eigenvalue weighted by Gasteiger charge is 2.36. The zero-order valence-corrected chi connectivity index (χ0v) is 11.6. The number of aliphatic hydroxyl groups is 1. The highest BCUT2D eigenvalue weighted by Crippen LogP contribution is 2.37. The van der Waals surface area contributed by atoms with Crippen LogP contribution in [0, 0.1) is 5.92 Å². The van der Waals surface area contributed by atoms with Crippen LogP contribution < -0.4 is 11.3 Å². The molecule has 1 aliphatic heterocycles. The molecule has 1 saturated heterocycles. The molecule has 21 heavy (non-hydrogen) atoms. The molecule has 3 heterocycles. The summed E-state index contributed by atoms with van der Waals surface area (Å²) in [6.07, 6.45) is 1.47. The van der Waals surface area contributed by atoms with Crippen LogP contribution in [0.5, 0.6) is 0 Å². The van der Waals surface area contributed by atoms with Gasteiger partial charge in [-0.1, -0.05) is 12.2 Å². The van der Waals surface area contributed by atoms with Crippen LogP contribution in [0.1, 0.15) is 19.6 Å². The fourth-order valence-corrected chi connectivity index (χ4v) is 2.74. The number of imidazole rings is 1. The maximum Gasteiger partial charge on any atom is 0.280 e. The molecule has 0 aliphatic carbocycles. The molecular formula is C13H17N5O3. The van der Waals surface area contributed by atoms with Crippen LogP contribution in [0.3, 0.4) is 0 Å². The molecule has 8 nitrogen and oxygen atoms in total. The van der Waals surface area contributed by atoms with E-state index in [1.54, 1.807) is 4.57 Å². The van der Waals surface area contributed by atoms with E-state index in [1.807, 2.05) is 6.92 Å². The molecule has 1 aliphatic rings. The van der Waals surface area contributed by atoms with E-state index < -0.39 is 0 Å². The SMILES string of the molecule is C=C(C)[C@H]1C[C@H](n2cnc3c(=O)[nH]c(N)nc32)O[C@@H]1CO. The lowest BCUT2D eigenvalue weighted by molar-refractivity contribution is -0.0264. The van der Waals surface area contributed by atoms with Gasteiger partial charge in [-0.25, -0.2) is 4.98 Å². The molecule has 0 aromatic carbocycles. The minimum Gasteiger partial charge on any atom is -0.394 e. The number of nitrogen functional groups attached to an aromatic ring is 1. The first-order chi connectivity index (χ1) is 10.0. The molecule has 0 amide bonds. The summed E-state index contributed by atoms with van der Waals surface area (Å²) < 4.78 is 7.51. The Morgan fingerprint density at radius 1 is 1.71 bits per heavy atom. The fraction of sp³-hybridized carbons (Fsp3) is 0.462. The molecule has 0 radical (unpaired) electrons. The Kier molecular flexibility index (Phi) is 3.26. The zero-order chi connectivity index (χ0) is 15.1. The average molecular weight is 291 g/mol. The van der Waals surface area contributed by atoms with E-state index >= 15 is 0 Å². The molecule has 8 heteroatoms. The number of aromatic nitrogens is 4. The van der Waals surface area contributed by atoms with E-state index in [2.05, 4.69) is 21.5 Å². The molecule has 2 aromatic rings. The first-order valence-corrected chi connectivity index (χ1v) is 6.65. The van der Waals surface area contributed by atoms with Crippen LogP contribution >= 0.6 is 0 Å². The summed E-state index contributed by atoms with van der Waals surface area (Å²) in [7, 11) is 0. The van der Waals surface area contributed by atoms with E-state index in [1.165, 1.54) is 6.33 Å². The number of fused-ring (bicyclic) bond motifs is 1. The van der Waals surface area contributed by atoms with Gasteiger partial charge in [-0.3, -0.25) is 14.3 Å². The summed E-state index contributed by atoms with van der Waals surface area (Å²) in [6, 6.07) is 0. The number of rotatable bonds is 3. The number of H-pyrrole nitrogens is 1. The summed E-state index contributed by atoms with van der Waals surface area (Å²) in [5.41, 5.74) is 6.73. The summed E-state index contributed by atoms with van der Waals surface area (Å²) >= 11 is 0. The number of nitrogens with zero attached hydrogens (tertiary/aromatic N) is 3. The molecule has 112 valence electrons. The van der Waals surface area contributed by atoms with Gasteiger partial charge in [0.2, 0.25) is 5.95 Å².